The second-order valence-electron chi connectivity index (χ2n) is 5.29. The number of rotatable bonds is 6. The van der Waals surface area contributed by atoms with Gasteiger partial charge >= 0.3 is 0 Å². The van der Waals surface area contributed by atoms with Gasteiger partial charge in [0.15, 0.2) is 5.82 Å². The Hall–Kier alpha value is -2.12. The van der Waals surface area contributed by atoms with E-state index in [1.54, 1.807) is 14.0 Å². The fourth-order valence-electron chi connectivity index (χ4n) is 2.42. The number of hydrogen-bond donors (Lipinski definition) is 2. The summed E-state index contributed by atoms with van der Waals surface area (Å²) in [5, 5.41) is 13.9. The van der Waals surface area contributed by atoms with Crippen LogP contribution in [0.25, 0.3) is 0 Å². The molecule has 2 rings (SSSR count). The van der Waals surface area contributed by atoms with E-state index in [4.69, 9.17) is 11.6 Å². The van der Waals surface area contributed by atoms with Crippen LogP contribution in [0.1, 0.15) is 24.1 Å². The number of hydrogen-bond acceptors (Lipinski definition) is 4. The van der Waals surface area contributed by atoms with E-state index >= 15 is 0 Å². The van der Waals surface area contributed by atoms with Gasteiger partial charge in [0, 0.05) is 19.5 Å². The van der Waals surface area contributed by atoms with Gasteiger partial charge < -0.3 is 10.4 Å². The van der Waals surface area contributed by atoms with E-state index in [1.807, 2.05) is 0 Å². The second kappa shape index (κ2) is 7.63. The summed E-state index contributed by atoms with van der Waals surface area (Å²) in [6, 6.07) is 5.34. The molecular formula is C16H17ClF2N4O. The van der Waals surface area contributed by atoms with Crippen molar-refractivity contribution >= 4 is 17.9 Å². The van der Waals surface area contributed by atoms with Crippen molar-refractivity contribution in [2.75, 3.05) is 13.6 Å². The molecule has 24 heavy (non-hydrogen) atoms. The molecule has 2 atom stereocenters. The number of nitrogens with one attached hydrogen (secondary N) is 1. The van der Waals surface area contributed by atoms with Crippen molar-refractivity contribution in [3.05, 3.63) is 58.6 Å². The average Bonchev–Trinajstić information content (AvgIpc) is 2.57. The minimum absolute atomic E-state index is 0.0121. The van der Waals surface area contributed by atoms with E-state index in [2.05, 4.69) is 20.3 Å². The van der Waals surface area contributed by atoms with Crippen molar-refractivity contribution in [3.63, 3.8) is 0 Å². The van der Waals surface area contributed by atoms with Gasteiger partial charge in [-0.15, -0.1) is 0 Å². The summed E-state index contributed by atoms with van der Waals surface area (Å²) in [4.78, 5) is 11.3. The maximum Gasteiger partial charge on any atom is 0.222 e. The zero-order valence-electron chi connectivity index (χ0n) is 13.2. The fraction of sp³-hybridized carbons (Fsp3) is 0.312. The summed E-state index contributed by atoms with van der Waals surface area (Å²) >= 11 is 5.75. The monoisotopic (exact) mass is 354 g/mol. The molecule has 2 unspecified atom stereocenters. The molecule has 0 aliphatic heterocycles. The number of benzene rings is 1. The van der Waals surface area contributed by atoms with E-state index < -0.39 is 23.2 Å². The van der Waals surface area contributed by atoms with Crippen molar-refractivity contribution in [2.24, 2.45) is 4.99 Å². The Morgan fingerprint density at radius 2 is 2.04 bits per heavy atom. The average molecular weight is 355 g/mol. The lowest BCUT2D eigenvalue weighted by Gasteiger charge is -2.34. The molecule has 0 saturated carbocycles. The van der Waals surface area contributed by atoms with Gasteiger partial charge in [-0.25, -0.2) is 18.7 Å². The molecule has 1 aromatic carbocycles. The smallest absolute Gasteiger partial charge is 0.222 e. The zero-order valence-corrected chi connectivity index (χ0v) is 13.9. The van der Waals surface area contributed by atoms with Crippen molar-refractivity contribution in [1.82, 2.24) is 15.3 Å². The maximum atomic E-state index is 14.1. The second-order valence-corrected chi connectivity index (χ2v) is 5.63. The maximum absolute atomic E-state index is 14.1. The Morgan fingerprint density at radius 1 is 1.38 bits per heavy atom. The number of nitrogens with zero attached hydrogens (tertiary/aromatic N) is 3. The van der Waals surface area contributed by atoms with Gasteiger partial charge in [-0.3, -0.25) is 4.99 Å². The standard InChI is InChI=1S/C16H17ClF2N4O/c1-10(14-13(19)7-22-15(17)23-14)16(24,8-21-9-20-2)11-3-5-12(18)6-4-11/h3-7,9-10,24H,8H2,1-2H3,(H,20,21). The molecule has 2 N–H and O–H groups in total. The molecule has 1 heterocycles. The molecule has 0 fully saturated rings. The first-order valence-electron chi connectivity index (χ1n) is 7.19. The zero-order chi connectivity index (χ0) is 17.7. The fourth-order valence-corrected chi connectivity index (χ4v) is 2.56. The number of aliphatic imine (C=N–C) groups is 1. The summed E-state index contributed by atoms with van der Waals surface area (Å²) in [7, 11) is 1.57. The predicted octanol–water partition coefficient (Wildman–Crippen LogP) is 2.65. The lowest BCUT2D eigenvalue weighted by Crippen LogP contribution is -2.42. The molecule has 8 heteroatoms. The highest BCUT2D eigenvalue weighted by Gasteiger charge is 2.39. The molecule has 0 aliphatic carbocycles. The quantitative estimate of drug-likeness (QED) is 0.475. The minimum atomic E-state index is -1.58. The molecule has 1 aromatic heterocycles. The first-order chi connectivity index (χ1) is 11.4. The lowest BCUT2D eigenvalue weighted by molar-refractivity contribution is 0.0151. The van der Waals surface area contributed by atoms with Gasteiger partial charge in [0.05, 0.1) is 18.2 Å². The molecule has 0 amide bonds. The van der Waals surface area contributed by atoms with Crippen LogP contribution in [0.5, 0.6) is 0 Å². The van der Waals surface area contributed by atoms with Gasteiger partial charge in [-0.1, -0.05) is 19.1 Å². The van der Waals surface area contributed by atoms with Crippen LogP contribution in [0.15, 0.2) is 35.5 Å². The van der Waals surface area contributed by atoms with E-state index in [1.165, 1.54) is 30.6 Å². The summed E-state index contributed by atoms with van der Waals surface area (Å²) in [5.74, 6) is -1.91. The third kappa shape index (κ3) is 3.85. The van der Waals surface area contributed by atoms with Crippen LogP contribution in [-0.2, 0) is 5.60 Å². The van der Waals surface area contributed by atoms with Crippen LogP contribution in [0.2, 0.25) is 5.28 Å². The summed E-state index contributed by atoms with van der Waals surface area (Å²) in [5.41, 5.74) is -1.20. The van der Waals surface area contributed by atoms with E-state index in [0.29, 0.717) is 5.56 Å². The molecule has 0 aliphatic rings. The van der Waals surface area contributed by atoms with E-state index in [0.717, 1.165) is 6.20 Å². The van der Waals surface area contributed by atoms with Crippen molar-refractivity contribution in [2.45, 2.75) is 18.4 Å². The Balaban J connectivity index is 2.47. The van der Waals surface area contributed by atoms with Gasteiger partial charge in [0.2, 0.25) is 5.28 Å². The van der Waals surface area contributed by atoms with Crippen LogP contribution in [0.3, 0.4) is 0 Å². The molecule has 5 nitrogen and oxygen atoms in total. The third-order valence-corrected chi connectivity index (χ3v) is 3.99. The van der Waals surface area contributed by atoms with Crippen molar-refractivity contribution < 1.29 is 13.9 Å². The Labute approximate surface area is 143 Å². The SMILES string of the molecule is CN=CNCC(O)(c1ccc(F)cc1)C(C)c1nc(Cl)ncc1F. The topological polar surface area (TPSA) is 70.4 Å². The van der Waals surface area contributed by atoms with Crippen LogP contribution in [0, 0.1) is 11.6 Å². The normalized spacial score (nSPS) is 15.2. The Kier molecular flexibility index (Phi) is 5.80. The molecule has 0 radical (unpaired) electrons. The Morgan fingerprint density at radius 3 is 2.67 bits per heavy atom. The number of halogens is 3. The lowest BCUT2D eigenvalue weighted by atomic mass is 9.80. The van der Waals surface area contributed by atoms with Gasteiger partial charge in [0.25, 0.3) is 0 Å². The Bertz CT molecular complexity index is 727. The highest BCUT2D eigenvalue weighted by Crippen LogP contribution is 2.36. The van der Waals surface area contributed by atoms with Gasteiger partial charge in [0.1, 0.15) is 11.4 Å². The van der Waals surface area contributed by atoms with Crippen LogP contribution in [0.4, 0.5) is 8.78 Å². The first-order valence-corrected chi connectivity index (χ1v) is 7.56. The van der Waals surface area contributed by atoms with Crippen LogP contribution >= 0.6 is 11.6 Å². The van der Waals surface area contributed by atoms with Crippen LogP contribution < -0.4 is 5.32 Å². The van der Waals surface area contributed by atoms with Crippen LogP contribution in [-0.4, -0.2) is 35.0 Å². The molecule has 0 spiro atoms. The number of aromatic nitrogens is 2. The van der Waals surface area contributed by atoms with Crippen molar-refractivity contribution in [1.29, 1.82) is 0 Å². The molecule has 0 bridgehead atoms. The summed E-state index contributed by atoms with van der Waals surface area (Å²) < 4.78 is 27.3. The van der Waals surface area contributed by atoms with E-state index in [9.17, 15) is 13.9 Å². The number of aliphatic hydroxyl groups is 1. The van der Waals surface area contributed by atoms with E-state index in [-0.39, 0.29) is 17.5 Å². The van der Waals surface area contributed by atoms with Gasteiger partial charge in [-0.2, -0.15) is 0 Å². The largest absolute Gasteiger partial charge is 0.383 e. The molecule has 0 saturated heterocycles. The summed E-state index contributed by atoms with van der Waals surface area (Å²) in [6.45, 7) is 1.62. The predicted molar refractivity (Wildman–Crippen MR) is 88.1 cm³/mol. The highest BCUT2D eigenvalue weighted by atomic mass is 35.5. The summed E-state index contributed by atoms with van der Waals surface area (Å²) in [6.07, 6.45) is 2.36. The first kappa shape index (κ1) is 18.2. The minimum Gasteiger partial charge on any atom is -0.383 e. The molecular weight excluding hydrogens is 338 g/mol. The van der Waals surface area contributed by atoms with Gasteiger partial charge in [-0.05, 0) is 29.3 Å². The van der Waals surface area contributed by atoms with Crippen molar-refractivity contribution in [3.8, 4) is 0 Å². The third-order valence-electron chi connectivity index (χ3n) is 3.80. The highest BCUT2D eigenvalue weighted by molar-refractivity contribution is 6.28. The molecule has 2 aromatic rings. The molecule has 128 valence electrons.